The fourth-order valence-corrected chi connectivity index (χ4v) is 2.89. The van der Waals surface area contributed by atoms with Gasteiger partial charge in [-0.25, -0.2) is 4.98 Å². The first-order valence-corrected chi connectivity index (χ1v) is 6.46. The average molecular weight is 247 g/mol. The number of aryl methyl sites for hydroxylation is 1. The number of rotatable bonds is 2. The third-order valence-electron chi connectivity index (χ3n) is 4.21. The minimum absolute atomic E-state index is 0.108. The molecule has 5 heteroatoms. The molecule has 0 amide bonds. The van der Waals surface area contributed by atoms with Crippen LogP contribution in [-0.4, -0.2) is 23.0 Å². The van der Waals surface area contributed by atoms with Gasteiger partial charge in [0, 0.05) is 18.7 Å². The summed E-state index contributed by atoms with van der Waals surface area (Å²) in [7, 11) is 0. The molecule has 1 saturated carbocycles. The SMILES string of the molecule is Cc1cc(N2CCCC3(CC3)C2)ncc1[N+](=O)[O-]. The van der Waals surface area contributed by atoms with Crippen LogP contribution in [0.5, 0.6) is 0 Å². The third kappa shape index (κ3) is 1.94. The normalized spacial score (nSPS) is 21.1. The highest BCUT2D eigenvalue weighted by Gasteiger charge is 2.45. The molecule has 0 bridgehead atoms. The second kappa shape index (κ2) is 3.93. The van der Waals surface area contributed by atoms with Crippen molar-refractivity contribution in [3.05, 3.63) is 27.9 Å². The summed E-state index contributed by atoms with van der Waals surface area (Å²) in [6.45, 7) is 3.86. The van der Waals surface area contributed by atoms with Gasteiger partial charge in [0.2, 0.25) is 0 Å². The molecule has 2 heterocycles. The van der Waals surface area contributed by atoms with Crippen molar-refractivity contribution in [2.75, 3.05) is 18.0 Å². The number of nitrogens with zero attached hydrogens (tertiary/aromatic N) is 3. The van der Waals surface area contributed by atoms with Gasteiger partial charge in [0.05, 0.1) is 4.92 Å². The first kappa shape index (κ1) is 11.4. The van der Waals surface area contributed by atoms with Crippen LogP contribution in [0.25, 0.3) is 0 Å². The van der Waals surface area contributed by atoms with E-state index < -0.39 is 0 Å². The fourth-order valence-electron chi connectivity index (χ4n) is 2.89. The van der Waals surface area contributed by atoms with Gasteiger partial charge in [0.25, 0.3) is 5.69 Å². The van der Waals surface area contributed by atoms with Crippen molar-refractivity contribution in [3.8, 4) is 0 Å². The highest BCUT2D eigenvalue weighted by molar-refractivity contribution is 5.49. The Morgan fingerprint density at radius 2 is 2.22 bits per heavy atom. The van der Waals surface area contributed by atoms with Gasteiger partial charge in [0.1, 0.15) is 12.0 Å². The zero-order valence-electron chi connectivity index (χ0n) is 10.6. The maximum Gasteiger partial charge on any atom is 0.290 e. The van der Waals surface area contributed by atoms with Gasteiger partial charge in [-0.1, -0.05) is 0 Å². The van der Waals surface area contributed by atoms with Crippen LogP contribution >= 0.6 is 0 Å². The van der Waals surface area contributed by atoms with Crippen LogP contribution in [0.15, 0.2) is 12.3 Å². The third-order valence-corrected chi connectivity index (χ3v) is 4.21. The largest absolute Gasteiger partial charge is 0.356 e. The minimum Gasteiger partial charge on any atom is -0.356 e. The molecule has 5 nitrogen and oxygen atoms in total. The van der Waals surface area contributed by atoms with Crippen molar-refractivity contribution in [1.82, 2.24) is 4.98 Å². The van der Waals surface area contributed by atoms with Gasteiger partial charge < -0.3 is 4.90 Å². The highest BCUT2D eigenvalue weighted by atomic mass is 16.6. The average Bonchev–Trinajstić information content (AvgIpc) is 3.08. The summed E-state index contributed by atoms with van der Waals surface area (Å²) in [5, 5.41) is 10.8. The van der Waals surface area contributed by atoms with Crippen LogP contribution in [0.1, 0.15) is 31.2 Å². The number of anilines is 1. The molecule has 2 aliphatic rings. The van der Waals surface area contributed by atoms with Gasteiger partial charge in [0.15, 0.2) is 0 Å². The Labute approximate surface area is 106 Å². The topological polar surface area (TPSA) is 59.3 Å². The van der Waals surface area contributed by atoms with Gasteiger partial charge in [-0.15, -0.1) is 0 Å². The lowest BCUT2D eigenvalue weighted by molar-refractivity contribution is -0.385. The lowest BCUT2D eigenvalue weighted by Gasteiger charge is -2.33. The Hall–Kier alpha value is -1.65. The second-order valence-electron chi connectivity index (χ2n) is 5.61. The standard InChI is InChI=1S/C13H17N3O2/c1-10-7-12(14-8-11(10)16(17)18)15-6-2-3-13(9-15)4-5-13/h7-8H,2-6,9H2,1H3. The first-order valence-electron chi connectivity index (χ1n) is 6.46. The maximum atomic E-state index is 10.8. The molecule has 0 unspecified atom stereocenters. The molecule has 3 rings (SSSR count). The van der Waals surface area contributed by atoms with Crippen LogP contribution in [0.2, 0.25) is 0 Å². The first-order chi connectivity index (χ1) is 8.60. The smallest absolute Gasteiger partial charge is 0.290 e. The number of nitro groups is 1. The van der Waals surface area contributed by atoms with Gasteiger partial charge in [-0.3, -0.25) is 10.1 Å². The van der Waals surface area contributed by atoms with Gasteiger partial charge >= 0.3 is 0 Å². The van der Waals surface area contributed by atoms with Crippen LogP contribution in [0.4, 0.5) is 11.5 Å². The van der Waals surface area contributed by atoms with E-state index in [4.69, 9.17) is 0 Å². The maximum absolute atomic E-state index is 10.8. The summed E-state index contributed by atoms with van der Waals surface area (Å²) in [6, 6.07) is 1.85. The van der Waals surface area contributed by atoms with Crippen LogP contribution in [-0.2, 0) is 0 Å². The van der Waals surface area contributed by atoms with Gasteiger partial charge in [-0.2, -0.15) is 0 Å². The summed E-state index contributed by atoms with van der Waals surface area (Å²) in [5.74, 6) is 0.893. The lowest BCUT2D eigenvalue weighted by Crippen LogP contribution is -2.36. The van der Waals surface area contributed by atoms with Crippen molar-refractivity contribution in [3.63, 3.8) is 0 Å². The molecule has 18 heavy (non-hydrogen) atoms. The monoisotopic (exact) mass is 247 g/mol. The predicted octanol–water partition coefficient (Wildman–Crippen LogP) is 2.68. The number of pyridine rings is 1. The van der Waals surface area contributed by atoms with E-state index in [2.05, 4.69) is 9.88 Å². The number of piperidine rings is 1. The number of hydrogen-bond acceptors (Lipinski definition) is 4. The van der Waals surface area contributed by atoms with Crippen LogP contribution in [0, 0.1) is 22.5 Å². The molecule has 96 valence electrons. The van der Waals surface area contributed by atoms with Crippen molar-refractivity contribution < 1.29 is 4.92 Å². The van der Waals surface area contributed by atoms with E-state index in [0.29, 0.717) is 11.0 Å². The molecular weight excluding hydrogens is 230 g/mol. The van der Waals surface area contributed by atoms with E-state index in [1.165, 1.54) is 31.9 Å². The van der Waals surface area contributed by atoms with E-state index in [1.807, 2.05) is 6.07 Å². The molecule has 0 atom stereocenters. The zero-order chi connectivity index (χ0) is 12.8. The Balaban J connectivity index is 1.83. The van der Waals surface area contributed by atoms with E-state index in [9.17, 15) is 10.1 Å². The quantitative estimate of drug-likeness (QED) is 0.595. The van der Waals surface area contributed by atoms with Crippen molar-refractivity contribution >= 4 is 11.5 Å². The Morgan fingerprint density at radius 3 is 2.83 bits per heavy atom. The Bertz CT molecular complexity index is 497. The summed E-state index contributed by atoms with van der Waals surface area (Å²) >= 11 is 0. The predicted molar refractivity (Wildman–Crippen MR) is 68.7 cm³/mol. The minimum atomic E-state index is -0.370. The van der Waals surface area contributed by atoms with Crippen LogP contribution < -0.4 is 4.90 Å². The van der Waals surface area contributed by atoms with Crippen molar-refractivity contribution in [1.29, 1.82) is 0 Å². The molecule has 0 radical (unpaired) electrons. The summed E-state index contributed by atoms with van der Waals surface area (Å²) in [4.78, 5) is 17.0. The molecule has 2 fully saturated rings. The van der Waals surface area contributed by atoms with Gasteiger partial charge in [-0.05, 0) is 44.1 Å². The van der Waals surface area contributed by atoms with Crippen molar-refractivity contribution in [2.24, 2.45) is 5.41 Å². The van der Waals surface area contributed by atoms with Crippen LogP contribution in [0.3, 0.4) is 0 Å². The second-order valence-corrected chi connectivity index (χ2v) is 5.61. The number of hydrogen-bond donors (Lipinski definition) is 0. The molecule has 1 spiro atoms. The highest BCUT2D eigenvalue weighted by Crippen LogP contribution is 2.52. The van der Waals surface area contributed by atoms with E-state index in [0.717, 1.165) is 18.9 Å². The van der Waals surface area contributed by atoms with E-state index in [1.54, 1.807) is 6.92 Å². The Morgan fingerprint density at radius 1 is 1.44 bits per heavy atom. The van der Waals surface area contributed by atoms with E-state index >= 15 is 0 Å². The molecule has 0 aromatic carbocycles. The Kier molecular flexibility index (Phi) is 2.50. The molecule has 1 aliphatic carbocycles. The molecule has 1 aromatic heterocycles. The lowest BCUT2D eigenvalue weighted by atomic mass is 9.95. The summed E-state index contributed by atoms with van der Waals surface area (Å²) < 4.78 is 0. The molecule has 1 aromatic rings. The summed E-state index contributed by atoms with van der Waals surface area (Å²) in [6.07, 6.45) is 6.58. The zero-order valence-corrected chi connectivity index (χ0v) is 10.6. The molecule has 1 aliphatic heterocycles. The van der Waals surface area contributed by atoms with E-state index in [-0.39, 0.29) is 10.6 Å². The van der Waals surface area contributed by atoms with Crippen molar-refractivity contribution in [2.45, 2.75) is 32.6 Å². The molecule has 0 N–H and O–H groups in total. The fraction of sp³-hybridized carbons (Fsp3) is 0.615. The molecular formula is C13H17N3O2. The number of aromatic nitrogens is 1. The molecule has 1 saturated heterocycles. The summed E-state index contributed by atoms with van der Waals surface area (Å²) in [5.41, 5.74) is 1.34.